The number of alkyl carbamates (subject to hydrolysis) is 1. The van der Waals surface area contributed by atoms with Gasteiger partial charge in [-0.05, 0) is 40.0 Å². The molecule has 0 fully saturated rings. The molecule has 0 aliphatic heterocycles. The van der Waals surface area contributed by atoms with E-state index in [1.54, 1.807) is 34.6 Å². The highest BCUT2D eigenvalue weighted by Gasteiger charge is 2.52. The van der Waals surface area contributed by atoms with Crippen molar-refractivity contribution >= 4 is 12.1 Å². The number of aliphatic hydroxyl groups is 1. The molecule has 0 heterocycles. The first kappa shape index (κ1) is 21.6. The number of rotatable bonds is 7. The zero-order chi connectivity index (χ0) is 18.4. The second kappa shape index (κ2) is 8.42. The summed E-state index contributed by atoms with van der Waals surface area (Å²) in [6.45, 7) is 9.47. The number of halogens is 2. The van der Waals surface area contributed by atoms with Gasteiger partial charge in [0.15, 0.2) is 0 Å². The van der Waals surface area contributed by atoms with Gasteiger partial charge in [0.1, 0.15) is 11.7 Å². The van der Waals surface area contributed by atoms with Crippen LogP contribution in [0.2, 0.25) is 0 Å². The van der Waals surface area contributed by atoms with E-state index in [4.69, 9.17) is 4.74 Å². The number of esters is 1. The molecule has 0 saturated heterocycles. The molecule has 2 atom stereocenters. The molecule has 6 nitrogen and oxygen atoms in total. The van der Waals surface area contributed by atoms with Crippen LogP contribution in [0.4, 0.5) is 13.6 Å². The molecule has 23 heavy (non-hydrogen) atoms. The molecule has 0 aliphatic carbocycles. The van der Waals surface area contributed by atoms with Crippen LogP contribution in [0.1, 0.15) is 48.0 Å². The average molecular weight is 339 g/mol. The molecule has 0 radical (unpaired) electrons. The number of carbonyl (C=O) groups is 2. The van der Waals surface area contributed by atoms with E-state index < -0.39 is 35.7 Å². The van der Waals surface area contributed by atoms with Crippen LogP contribution in [-0.4, -0.2) is 47.4 Å². The second-order valence-electron chi connectivity index (χ2n) is 6.67. The predicted octanol–water partition coefficient (Wildman–Crippen LogP) is 2.49. The first-order chi connectivity index (χ1) is 10.3. The van der Waals surface area contributed by atoms with Crippen LogP contribution in [0.3, 0.4) is 0 Å². The van der Waals surface area contributed by atoms with Crippen molar-refractivity contribution < 1.29 is 33.0 Å². The van der Waals surface area contributed by atoms with Crippen molar-refractivity contribution in [3.05, 3.63) is 0 Å². The minimum absolute atomic E-state index is 0.0371. The molecule has 0 saturated carbocycles. The van der Waals surface area contributed by atoms with Crippen LogP contribution in [-0.2, 0) is 14.3 Å². The Labute approximate surface area is 135 Å². The summed E-state index contributed by atoms with van der Waals surface area (Å²) in [6.07, 6.45) is -3.33. The van der Waals surface area contributed by atoms with Gasteiger partial charge in [-0.15, -0.1) is 0 Å². The lowest BCUT2D eigenvalue weighted by molar-refractivity contribution is -0.191. The molecule has 0 aliphatic rings. The van der Waals surface area contributed by atoms with E-state index in [2.05, 4.69) is 10.1 Å². The highest BCUT2D eigenvalue weighted by atomic mass is 19.3. The van der Waals surface area contributed by atoms with Gasteiger partial charge in [-0.1, -0.05) is 13.8 Å². The Morgan fingerprint density at radius 3 is 2.13 bits per heavy atom. The molecule has 0 aromatic heterocycles. The van der Waals surface area contributed by atoms with Crippen molar-refractivity contribution in [2.24, 2.45) is 5.92 Å². The number of carbonyl (C=O) groups excluding carboxylic acids is 2. The number of alkyl halides is 2. The van der Waals surface area contributed by atoms with Gasteiger partial charge in [0.05, 0.1) is 12.6 Å². The molecule has 0 spiro atoms. The Kier molecular flexibility index (Phi) is 7.90. The fourth-order valence-corrected chi connectivity index (χ4v) is 1.83. The largest absolute Gasteiger partial charge is 0.461 e. The average Bonchev–Trinajstić information content (AvgIpc) is 2.34. The molecule has 136 valence electrons. The lowest BCUT2D eigenvalue weighted by atomic mass is 9.95. The molecule has 0 bridgehead atoms. The summed E-state index contributed by atoms with van der Waals surface area (Å²) in [5.74, 6) is -6.07. The molecule has 0 rings (SSSR count). The lowest BCUT2D eigenvalue weighted by Crippen LogP contribution is -2.56. The molecule has 8 heteroatoms. The Balaban J connectivity index is 5.15. The van der Waals surface area contributed by atoms with Crippen LogP contribution >= 0.6 is 0 Å². The summed E-state index contributed by atoms with van der Waals surface area (Å²) >= 11 is 0. The smallest absolute Gasteiger partial charge is 0.407 e. The third-order valence-electron chi connectivity index (χ3n) is 2.73. The molecular weight excluding hydrogens is 312 g/mol. The SMILES string of the molecule is CCOC(=O)C(F)(F)C(O)C(CC(C)C)NC(=O)OC(C)(C)C. The van der Waals surface area contributed by atoms with Gasteiger partial charge >= 0.3 is 18.0 Å². The summed E-state index contributed by atoms with van der Waals surface area (Å²) in [4.78, 5) is 23.1. The molecule has 0 aromatic rings. The molecule has 2 unspecified atom stereocenters. The quantitative estimate of drug-likeness (QED) is 0.696. The number of hydrogen-bond donors (Lipinski definition) is 2. The first-order valence-corrected chi connectivity index (χ1v) is 7.53. The fourth-order valence-electron chi connectivity index (χ4n) is 1.83. The van der Waals surface area contributed by atoms with Crippen LogP contribution < -0.4 is 5.32 Å². The molecular formula is C15H27F2NO5. The summed E-state index contributed by atoms with van der Waals surface area (Å²) in [6, 6.07) is -1.36. The third kappa shape index (κ3) is 7.58. The van der Waals surface area contributed by atoms with Gasteiger partial charge in [-0.25, -0.2) is 9.59 Å². The summed E-state index contributed by atoms with van der Waals surface area (Å²) < 4.78 is 37.2. The van der Waals surface area contributed by atoms with Crippen molar-refractivity contribution in [3.63, 3.8) is 0 Å². The van der Waals surface area contributed by atoms with Crippen molar-refractivity contribution in [2.75, 3.05) is 6.61 Å². The van der Waals surface area contributed by atoms with Gasteiger partial charge in [0.25, 0.3) is 0 Å². The van der Waals surface area contributed by atoms with Crippen LogP contribution in [0.25, 0.3) is 0 Å². The summed E-state index contributed by atoms with van der Waals surface area (Å²) in [7, 11) is 0. The van der Waals surface area contributed by atoms with Crippen molar-refractivity contribution in [2.45, 2.75) is 71.6 Å². The third-order valence-corrected chi connectivity index (χ3v) is 2.73. The van der Waals surface area contributed by atoms with E-state index >= 15 is 0 Å². The number of ether oxygens (including phenoxy) is 2. The number of aliphatic hydroxyl groups excluding tert-OH is 1. The topological polar surface area (TPSA) is 84.9 Å². The number of amides is 1. The highest BCUT2D eigenvalue weighted by molar-refractivity contribution is 5.78. The van der Waals surface area contributed by atoms with E-state index in [9.17, 15) is 23.5 Å². The van der Waals surface area contributed by atoms with Crippen LogP contribution in [0, 0.1) is 5.92 Å². The second-order valence-corrected chi connectivity index (χ2v) is 6.67. The number of hydrogen-bond acceptors (Lipinski definition) is 5. The zero-order valence-electron chi connectivity index (χ0n) is 14.5. The Morgan fingerprint density at radius 2 is 1.74 bits per heavy atom. The lowest BCUT2D eigenvalue weighted by Gasteiger charge is -2.30. The molecule has 0 aromatic carbocycles. The van der Waals surface area contributed by atoms with E-state index in [1.165, 1.54) is 6.92 Å². The van der Waals surface area contributed by atoms with Gasteiger partial charge < -0.3 is 19.9 Å². The van der Waals surface area contributed by atoms with E-state index in [0.29, 0.717) is 0 Å². The fraction of sp³-hybridized carbons (Fsp3) is 0.867. The summed E-state index contributed by atoms with van der Waals surface area (Å²) in [5, 5.41) is 12.1. The first-order valence-electron chi connectivity index (χ1n) is 7.53. The Hall–Kier alpha value is -1.44. The standard InChI is InChI=1S/C15H27F2NO5/c1-7-22-12(20)15(16,17)11(19)10(8-9(2)3)18-13(21)23-14(4,5)6/h9-11,19H,7-8H2,1-6H3,(H,18,21). The van der Waals surface area contributed by atoms with Gasteiger partial charge in [-0.2, -0.15) is 8.78 Å². The van der Waals surface area contributed by atoms with Gasteiger partial charge in [0.2, 0.25) is 0 Å². The van der Waals surface area contributed by atoms with Crippen LogP contribution in [0.5, 0.6) is 0 Å². The molecule has 1 amide bonds. The minimum Gasteiger partial charge on any atom is -0.461 e. The zero-order valence-corrected chi connectivity index (χ0v) is 14.5. The van der Waals surface area contributed by atoms with Crippen molar-refractivity contribution in [1.82, 2.24) is 5.32 Å². The monoisotopic (exact) mass is 339 g/mol. The van der Waals surface area contributed by atoms with E-state index in [1.807, 2.05) is 0 Å². The maximum absolute atomic E-state index is 14.0. The maximum atomic E-state index is 14.0. The van der Waals surface area contributed by atoms with E-state index in [-0.39, 0.29) is 18.9 Å². The predicted molar refractivity (Wildman–Crippen MR) is 80.2 cm³/mol. The molecule has 2 N–H and O–H groups in total. The van der Waals surface area contributed by atoms with Crippen molar-refractivity contribution in [1.29, 1.82) is 0 Å². The Morgan fingerprint density at radius 1 is 1.22 bits per heavy atom. The highest BCUT2D eigenvalue weighted by Crippen LogP contribution is 2.26. The summed E-state index contributed by atoms with van der Waals surface area (Å²) in [5.41, 5.74) is -0.818. The normalized spacial score (nSPS) is 15.0. The van der Waals surface area contributed by atoms with E-state index in [0.717, 1.165) is 0 Å². The maximum Gasteiger partial charge on any atom is 0.407 e. The Bertz CT molecular complexity index is 407. The van der Waals surface area contributed by atoms with Crippen LogP contribution in [0.15, 0.2) is 0 Å². The minimum atomic E-state index is -4.13. The van der Waals surface area contributed by atoms with Crippen molar-refractivity contribution in [3.8, 4) is 0 Å². The van der Waals surface area contributed by atoms with Gasteiger partial charge in [-0.3, -0.25) is 0 Å². The number of nitrogens with one attached hydrogen (secondary N) is 1. The van der Waals surface area contributed by atoms with Gasteiger partial charge in [0, 0.05) is 0 Å².